The third-order valence-corrected chi connectivity index (χ3v) is 4.60. The zero-order valence-electron chi connectivity index (χ0n) is 13.2. The zero-order chi connectivity index (χ0) is 16.6. The van der Waals surface area contributed by atoms with Crippen LogP contribution >= 0.6 is 0 Å². The summed E-state index contributed by atoms with van der Waals surface area (Å²) in [5, 5.41) is 13.8. The number of hydrogen-bond acceptors (Lipinski definition) is 4. The van der Waals surface area contributed by atoms with Crippen molar-refractivity contribution in [2.45, 2.75) is 24.9 Å². The van der Waals surface area contributed by atoms with E-state index < -0.39 is 5.60 Å². The van der Waals surface area contributed by atoms with Crippen molar-refractivity contribution in [3.63, 3.8) is 0 Å². The normalized spacial score (nSPS) is 15.9. The molecular formula is C19H18N2O3. The molecule has 5 nitrogen and oxygen atoms in total. The van der Waals surface area contributed by atoms with Crippen LogP contribution in [0.5, 0.6) is 0 Å². The van der Waals surface area contributed by atoms with E-state index in [1.807, 2.05) is 30.3 Å². The first-order chi connectivity index (χ1) is 11.6. The van der Waals surface area contributed by atoms with Crippen molar-refractivity contribution in [3.05, 3.63) is 54.3 Å². The maximum absolute atomic E-state index is 12.7. The van der Waals surface area contributed by atoms with Crippen molar-refractivity contribution in [1.82, 2.24) is 10.3 Å². The minimum Gasteiger partial charge on any atom is -0.463 e. The molecule has 3 aromatic rings. The molecule has 2 aromatic heterocycles. The van der Waals surface area contributed by atoms with E-state index in [4.69, 9.17) is 4.42 Å². The molecule has 0 aliphatic heterocycles. The van der Waals surface area contributed by atoms with Crippen molar-refractivity contribution in [2.75, 3.05) is 6.54 Å². The monoisotopic (exact) mass is 322 g/mol. The maximum Gasteiger partial charge on any atom is 0.252 e. The molecule has 5 heteroatoms. The van der Waals surface area contributed by atoms with Crippen molar-refractivity contribution in [1.29, 1.82) is 0 Å². The number of hydrogen-bond donors (Lipinski definition) is 2. The summed E-state index contributed by atoms with van der Waals surface area (Å²) in [5.41, 5.74) is 1.14. The van der Waals surface area contributed by atoms with Crippen LogP contribution < -0.4 is 5.32 Å². The fourth-order valence-corrected chi connectivity index (χ4v) is 3.02. The Morgan fingerprint density at radius 3 is 2.79 bits per heavy atom. The lowest BCUT2D eigenvalue weighted by Gasteiger charge is -2.36. The van der Waals surface area contributed by atoms with E-state index in [2.05, 4.69) is 10.3 Å². The summed E-state index contributed by atoms with van der Waals surface area (Å²) in [5.74, 6) is 0.411. The first-order valence-corrected chi connectivity index (χ1v) is 8.09. The number of aromatic nitrogens is 1. The molecule has 1 aliphatic carbocycles. The molecule has 0 unspecified atom stereocenters. The van der Waals surface area contributed by atoms with Gasteiger partial charge in [-0.2, -0.15) is 0 Å². The van der Waals surface area contributed by atoms with E-state index in [9.17, 15) is 9.90 Å². The number of para-hydroxylation sites is 1. The van der Waals surface area contributed by atoms with Gasteiger partial charge in [0.15, 0.2) is 5.76 Å². The molecule has 0 saturated heterocycles. The summed E-state index contributed by atoms with van der Waals surface area (Å²) in [6, 6.07) is 12.9. The molecule has 0 spiro atoms. The number of amides is 1. The van der Waals surface area contributed by atoms with Crippen LogP contribution in [0.2, 0.25) is 0 Å². The summed E-state index contributed by atoms with van der Waals surface area (Å²) in [4.78, 5) is 17.3. The van der Waals surface area contributed by atoms with Gasteiger partial charge in [0.05, 0.1) is 22.9 Å². The summed E-state index contributed by atoms with van der Waals surface area (Å²) < 4.78 is 5.41. The lowest BCUT2D eigenvalue weighted by Crippen LogP contribution is -2.47. The second kappa shape index (κ2) is 5.76. The third kappa shape index (κ3) is 2.67. The Hall–Kier alpha value is -2.66. The van der Waals surface area contributed by atoms with Gasteiger partial charge in [0, 0.05) is 11.9 Å². The van der Waals surface area contributed by atoms with Gasteiger partial charge < -0.3 is 14.8 Å². The molecule has 1 aliphatic rings. The number of furan rings is 1. The minimum absolute atomic E-state index is 0.207. The summed E-state index contributed by atoms with van der Waals surface area (Å²) in [6.07, 6.45) is 4.06. The van der Waals surface area contributed by atoms with Crippen LogP contribution in [0, 0.1) is 0 Å². The molecular weight excluding hydrogens is 304 g/mol. The first-order valence-electron chi connectivity index (χ1n) is 8.09. The Bertz CT molecular complexity index is 883. The smallest absolute Gasteiger partial charge is 0.252 e. The van der Waals surface area contributed by atoms with E-state index in [0.717, 1.165) is 30.2 Å². The minimum atomic E-state index is -0.748. The number of nitrogens with zero attached hydrogens (tertiary/aromatic N) is 1. The van der Waals surface area contributed by atoms with Crippen LogP contribution in [0.15, 0.2) is 53.1 Å². The van der Waals surface area contributed by atoms with Gasteiger partial charge in [-0.25, -0.2) is 4.98 Å². The number of aliphatic hydroxyl groups is 1. The molecule has 24 heavy (non-hydrogen) atoms. The SMILES string of the molecule is O=C(NCC1(O)CCC1)c1cc(-c2ccco2)nc2ccccc12. The molecule has 1 fully saturated rings. The van der Waals surface area contributed by atoms with Crippen molar-refractivity contribution < 1.29 is 14.3 Å². The van der Waals surface area contributed by atoms with Crippen molar-refractivity contribution >= 4 is 16.8 Å². The number of fused-ring (bicyclic) bond motifs is 1. The van der Waals surface area contributed by atoms with Gasteiger partial charge in [0.1, 0.15) is 5.69 Å². The number of carbonyl (C=O) groups is 1. The summed E-state index contributed by atoms with van der Waals surface area (Å²) in [6.45, 7) is 0.276. The van der Waals surface area contributed by atoms with Crippen LogP contribution in [0.1, 0.15) is 29.6 Å². The van der Waals surface area contributed by atoms with Gasteiger partial charge in [-0.1, -0.05) is 18.2 Å². The molecule has 0 atom stereocenters. The standard InChI is InChI=1S/C19H18N2O3/c22-18(20-12-19(23)8-4-9-19)14-11-16(17-7-3-10-24-17)21-15-6-2-1-5-13(14)15/h1-3,5-7,10-11,23H,4,8-9,12H2,(H,20,22). The number of benzene rings is 1. The molecule has 4 rings (SSSR count). The third-order valence-electron chi connectivity index (χ3n) is 4.60. The average molecular weight is 322 g/mol. The van der Waals surface area contributed by atoms with Gasteiger partial charge in [-0.3, -0.25) is 4.79 Å². The van der Waals surface area contributed by atoms with Crippen LogP contribution in [0.4, 0.5) is 0 Å². The molecule has 1 saturated carbocycles. The Labute approximate surface area is 139 Å². The predicted molar refractivity (Wildman–Crippen MR) is 90.6 cm³/mol. The number of rotatable bonds is 4. The van der Waals surface area contributed by atoms with Crippen LogP contribution in [-0.2, 0) is 0 Å². The summed E-state index contributed by atoms with van der Waals surface area (Å²) in [7, 11) is 0. The van der Waals surface area contributed by atoms with Crippen molar-refractivity contribution in [3.8, 4) is 11.5 Å². The van der Waals surface area contributed by atoms with Crippen LogP contribution in [0.25, 0.3) is 22.4 Å². The molecule has 0 bridgehead atoms. The molecule has 122 valence electrons. The Morgan fingerprint density at radius 1 is 1.25 bits per heavy atom. The Kier molecular flexibility index (Phi) is 3.58. The van der Waals surface area contributed by atoms with Gasteiger partial charge >= 0.3 is 0 Å². The lowest BCUT2D eigenvalue weighted by atomic mass is 9.80. The molecule has 0 radical (unpaired) electrons. The summed E-state index contributed by atoms with van der Waals surface area (Å²) >= 11 is 0. The van der Waals surface area contributed by atoms with E-state index >= 15 is 0 Å². The fraction of sp³-hybridized carbons (Fsp3) is 0.263. The second-order valence-electron chi connectivity index (χ2n) is 6.31. The molecule has 1 aromatic carbocycles. The van der Waals surface area contributed by atoms with Gasteiger partial charge in [0.2, 0.25) is 0 Å². The van der Waals surface area contributed by atoms with E-state index in [1.54, 1.807) is 18.4 Å². The fourth-order valence-electron chi connectivity index (χ4n) is 3.02. The highest BCUT2D eigenvalue weighted by Gasteiger charge is 2.34. The zero-order valence-corrected chi connectivity index (χ0v) is 13.2. The van der Waals surface area contributed by atoms with Crippen LogP contribution in [0.3, 0.4) is 0 Å². The Balaban J connectivity index is 1.71. The van der Waals surface area contributed by atoms with Gasteiger partial charge in [-0.05, 0) is 43.5 Å². The highest BCUT2D eigenvalue weighted by Crippen LogP contribution is 2.31. The van der Waals surface area contributed by atoms with E-state index in [-0.39, 0.29) is 12.5 Å². The van der Waals surface area contributed by atoms with Gasteiger partial charge in [-0.15, -0.1) is 0 Å². The second-order valence-corrected chi connectivity index (χ2v) is 6.31. The highest BCUT2D eigenvalue weighted by molar-refractivity contribution is 6.07. The molecule has 2 heterocycles. The van der Waals surface area contributed by atoms with Gasteiger partial charge in [0.25, 0.3) is 5.91 Å². The number of nitrogens with one attached hydrogen (secondary N) is 1. The van der Waals surface area contributed by atoms with Crippen LogP contribution in [-0.4, -0.2) is 28.1 Å². The van der Waals surface area contributed by atoms with E-state index in [1.165, 1.54) is 0 Å². The topological polar surface area (TPSA) is 75.4 Å². The quantitative estimate of drug-likeness (QED) is 0.774. The lowest BCUT2D eigenvalue weighted by molar-refractivity contribution is -0.0300. The Morgan fingerprint density at radius 2 is 2.08 bits per heavy atom. The largest absolute Gasteiger partial charge is 0.463 e. The van der Waals surface area contributed by atoms with Crippen molar-refractivity contribution in [2.24, 2.45) is 0 Å². The predicted octanol–water partition coefficient (Wildman–Crippen LogP) is 3.14. The number of pyridine rings is 1. The highest BCUT2D eigenvalue weighted by atomic mass is 16.3. The maximum atomic E-state index is 12.7. The molecule has 2 N–H and O–H groups in total. The number of carbonyl (C=O) groups excluding carboxylic acids is 1. The van der Waals surface area contributed by atoms with E-state index in [0.29, 0.717) is 17.0 Å². The molecule has 1 amide bonds. The average Bonchev–Trinajstić information content (AvgIpc) is 3.11. The first kappa shape index (κ1) is 14.9.